The molecule has 0 atom stereocenters. The number of hydrogen-bond acceptors (Lipinski definition) is 4. The molecule has 0 radical (unpaired) electrons. The van der Waals surface area contributed by atoms with Crippen LogP contribution in [-0.2, 0) is 13.1 Å². The number of aromatic nitrogens is 2. The molecule has 8 aromatic rings. The lowest BCUT2D eigenvalue weighted by Gasteiger charge is -2.20. The van der Waals surface area contributed by atoms with E-state index in [1.165, 1.54) is 65.5 Å². The molecule has 0 amide bonds. The van der Waals surface area contributed by atoms with Gasteiger partial charge in [-0.05, 0) is 60.7 Å². The maximum Gasteiger partial charge on any atom is 0.214 e. The Hall–Kier alpha value is -5.56. The highest BCUT2D eigenvalue weighted by molar-refractivity contribution is 8.03. The van der Waals surface area contributed by atoms with Crippen LogP contribution in [0.4, 0.5) is 22.7 Å². The van der Waals surface area contributed by atoms with Crippen molar-refractivity contribution in [3.63, 3.8) is 0 Å². The van der Waals surface area contributed by atoms with Gasteiger partial charge in [0.15, 0.2) is 25.5 Å². The first-order valence-corrected chi connectivity index (χ1v) is 20.4. The number of nitrogens with zero attached hydrogens (tertiary/aromatic N) is 4. The van der Waals surface area contributed by atoms with Gasteiger partial charge in [0.2, 0.25) is 11.0 Å². The monoisotopic (exact) mass is 740 g/mol. The summed E-state index contributed by atoms with van der Waals surface area (Å²) >= 11 is 3.86. The topological polar surface area (TPSA) is 14.2 Å². The third kappa shape index (κ3) is 8.01. The van der Waals surface area contributed by atoms with E-state index in [1.807, 2.05) is 23.5 Å². The maximum atomic E-state index is 2.35. The highest BCUT2D eigenvalue weighted by Gasteiger charge is 2.18. The second-order valence-corrected chi connectivity index (χ2v) is 15.8. The average Bonchev–Trinajstić information content (AvgIpc) is 3.24. The van der Waals surface area contributed by atoms with Crippen molar-refractivity contribution in [1.82, 2.24) is 0 Å². The molecular formula is C48H44N4S2+2. The molecule has 0 unspecified atom stereocenters. The minimum atomic E-state index is 0.832. The molecular weight excluding hydrogens is 697 g/mol. The first kappa shape index (κ1) is 35.5. The number of anilines is 4. The second-order valence-electron chi connectivity index (χ2n) is 13.5. The highest BCUT2D eigenvalue weighted by atomic mass is 32.2. The van der Waals surface area contributed by atoms with E-state index < -0.39 is 0 Å². The summed E-state index contributed by atoms with van der Waals surface area (Å²) in [6, 6.07) is 61.1. The minimum absolute atomic E-state index is 0.832. The van der Waals surface area contributed by atoms with Crippen molar-refractivity contribution in [2.75, 3.05) is 35.4 Å². The molecule has 0 aliphatic rings. The van der Waals surface area contributed by atoms with Gasteiger partial charge < -0.3 is 9.80 Å². The predicted octanol–water partition coefficient (Wildman–Crippen LogP) is 11.1. The number of benzene rings is 6. The number of hydrogen-bond donors (Lipinski definition) is 0. The van der Waals surface area contributed by atoms with Crippen LogP contribution in [0.15, 0.2) is 192 Å². The summed E-state index contributed by atoms with van der Waals surface area (Å²) in [5.41, 5.74) is 9.83. The molecule has 0 fully saturated rings. The van der Waals surface area contributed by atoms with Gasteiger partial charge in [-0.2, -0.15) is 9.13 Å². The zero-order valence-corrected chi connectivity index (χ0v) is 32.4. The van der Waals surface area contributed by atoms with Crippen LogP contribution < -0.4 is 18.9 Å². The van der Waals surface area contributed by atoms with Crippen LogP contribution >= 0.6 is 23.5 Å². The first-order valence-electron chi connectivity index (χ1n) is 18.4. The van der Waals surface area contributed by atoms with E-state index in [1.54, 1.807) is 0 Å². The summed E-state index contributed by atoms with van der Waals surface area (Å²) in [4.78, 5) is 7.16. The molecule has 6 aromatic carbocycles. The summed E-state index contributed by atoms with van der Waals surface area (Å²) in [7, 11) is 4.28. The Morgan fingerprint density at radius 2 is 0.778 bits per heavy atom. The van der Waals surface area contributed by atoms with Crippen molar-refractivity contribution in [2.45, 2.75) is 22.9 Å². The Kier molecular flexibility index (Phi) is 10.9. The standard InChI is InChI=1S/C48H44N4S2/c1-49(39-13-5-3-6-14-39)45-29-31-51(47-19-11-9-17-43(45)47)35-37-21-25-41(26-22-37)53-33-34-54-42-27-23-38(24-28-42)36-52-32-30-46(44-18-10-12-20-48(44)52)50(2)40-15-7-4-8-16-40/h3-32H,33-36H2,1-2H3/q+2. The zero-order chi connectivity index (χ0) is 36.7. The molecule has 0 N–H and O–H groups in total. The Balaban J connectivity index is 0.849. The Morgan fingerprint density at radius 3 is 1.19 bits per heavy atom. The smallest absolute Gasteiger partial charge is 0.214 e. The summed E-state index contributed by atoms with van der Waals surface area (Å²) in [5, 5.41) is 2.49. The van der Waals surface area contributed by atoms with Gasteiger partial charge in [0.25, 0.3) is 0 Å². The lowest BCUT2D eigenvalue weighted by atomic mass is 10.1. The van der Waals surface area contributed by atoms with Crippen LogP contribution in [0.1, 0.15) is 11.1 Å². The number of para-hydroxylation sites is 4. The van der Waals surface area contributed by atoms with Gasteiger partial charge in [0.1, 0.15) is 0 Å². The molecule has 6 heteroatoms. The van der Waals surface area contributed by atoms with Gasteiger partial charge in [-0.25, -0.2) is 0 Å². The maximum absolute atomic E-state index is 2.35. The van der Waals surface area contributed by atoms with E-state index in [2.05, 4.69) is 215 Å². The largest absolute Gasteiger partial charge is 0.344 e. The van der Waals surface area contributed by atoms with E-state index in [4.69, 9.17) is 0 Å². The lowest BCUT2D eigenvalue weighted by Crippen LogP contribution is -2.35. The Bertz CT molecular complexity index is 2290. The van der Waals surface area contributed by atoms with Gasteiger partial charge >= 0.3 is 0 Å². The minimum Gasteiger partial charge on any atom is -0.344 e. The predicted molar refractivity (Wildman–Crippen MR) is 230 cm³/mol. The third-order valence-electron chi connectivity index (χ3n) is 9.99. The zero-order valence-electron chi connectivity index (χ0n) is 30.8. The lowest BCUT2D eigenvalue weighted by molar-refractivity contribution is -0.662. The molecule has 0 aliphatic heterocycles. The van der Waals surface area contributed by atoms with E-state index >= 15 is 0 Å². The molecule has 0 spiro atoms. The molecule has 2 heterocycles. The molecule has 0 saturated carbocycles. The second kappa shape index (κ2) is 16.6. The van der Waals surface area contributed by atoms with Crippen LogP contribution in [-0.4, -0.2) is 25.6 Å². The molecule has 0 saturated heterocycles. The third-order valence-corrected chi connectivity index (χ3v) is 12.3. The van der Waals surface area contributed by atoms with Crippen molar-refractivity contribution < 1.29 is 9.13 Å². The van der Waals surface area contributed by atoms with Crippen LogP contribution in [0.25, 0.3) is 21.8 Å². The molecule has 54 heavy (non-hydrogen) atoms. The van der Waals surface area contributed by atoms with Gasteiger partial charge in [0, 0.05) is 82.2 Å². The van der Waals surface area contributed by atoms with Gasteiger partial charge in [-0.15, -0.1) is 23.5 Å². The number of fused-ring (bicyclic) bond motifs is 2. The van der Waals surface area contributed by atoms with E-state index in [-0.39, 0.29) is 0 Å². The van der Waals surface area contributed by atoms with E-state index in [0.29, 0.717) is 0 Å². The van der Waals surface area contributed by atoms with Crippen molar-refractivity contribution in [2.24, 2.45) is 0 Å². The van der Waals surface area contributed by atoms with Crippen molar-refractivity contribution in [3.8, 4) is 0 Å². The molecule has 266 valence electrons. The number of pyridine rings is 2. The quantitative estimate of drug-likeness (QED) is 0.0663. The fourth-order valence-electron chi connectivity index (χ4n) is 7.08. The number of thioether (sulfide) groups is 2. The molecule has 0 aliphatic carbocycles. The summed E-state index contributed by atoms with van der Waals surface area (Å²) < 4.78 is 4.70. The normalized spacial score (nSPS) is 11.2. The summed E-state index contributed by atoms with van der Waals surface area (Å²) in [6.45, 7) is 1.66. The highest BCUT2D eigenvalue weighted by Crippen LogP contribution is 2.31. The summed E-state index contributed by atoms with van der Waals surface area (Å²) in [6.07, 6.45) is 4.43. The number of rotatable bonds is 13. The molecule has 8 rings (SSSR count). The van der Waals surface area contributed by atoms with E-state index in [9.17, 15) is 0 Å². The Labute approximate surface area is 327 Å². The van der Waals surface area contributed by atoms with E-state index in [0.717, 1.165) is 24.6 Å². The molecule has 4 nitrogen and oxygen atoms in total. The fraction of sp³-hybridized carbons (Fsp3) is 0.125. The van der Waals surface area contributed by atoms with Crippen LogP contribution in [0.2, 0.25) is 0 Å². The van der Waals surface area contributed by atoms with Gasteiger partial charge in [0.05, 0.1) is 22.1 Å². The van der Waals surface area contributed by atoms with Crippen molar-refractivity contribution >= 4 is 68.1 Å². The van der Waals surface area contributed by atoms with Gasteiger partial charge in [-0.3, -0.25) is 0 Å². The van der Waals surface area contributed by atoms with Crippen LogP contribution in [0.5, 0.6) is 0 Å². The van der Waals surface area contributed by atoms with Crippen LogP contribution in [0, 0.1) is 0 Å². The summed E-state index contributed by atoms with van der Waals surface area (Å²) in [5.74, 6) is 2.13. The molecule has 0 bridgehead atoms. The SMILES string of the molecule is CN(c1ccccc1)c1cc[n+](Cc2ccc(SCCSc3ccc(C[n+]4ccc(N(C)c5ccccc5)c5ccccc54)cc3)cc2)c2ccccc12. The fourth-order valence-corrected chi connectivity index (χ4v) is 8.87. The van der Waals surface area contributed by atoms with Gasteiger partial charge in [-0.1, -0.05) is 84.9 Å². The van der Waals surface area contributed by atoms with Crippen molar-refractivity contribution in [1.29, 1.82) is 0 Å². The first-order chi connectivity index (χ1) is 26.6. The molecule has 2 aromatic heterocycles. The van der Waals surface area contributed by atoms with Crippen molar-refractivity contribution in [3.05, 3.63) is 193 Å². The average molecular weight is 741 g/mol. The van der Waals surface area contributed by atoms with Crippen LogP contribution in [0.3, 0.4) is 0 Å². The Morgan fingerprint density at radius 1 is 0.407 bits per heavy atom.